The summed E-state index contributed by atoms with van der Waals surface area (Å²) in [5.74, 6) is 4.95. The normalized spacial score (nSPS) is 9.75. The first-order valence-corrected chi connectivity index (χ1v) is 6.60. The van der Waals surface area contributed by atoms with Gasteiger partial charge in [-0.2, -0.15) is 0 Å². The molecule has 0 fully saturated rings. The van der Waals surface area contributed by atoms with Crippen LogP contribution in [0.15, 0.2) is 36.4 Å². The SMILES string of the molecule is O=C(O)Nc1cc(CO)c(C#Cc2ccc(F)cc2)cc1[N+](=O)[O-]. The molecule has 2 rings (SSSR count). The predicted molar refractivity (Wildman–Crippen MR) is 83.0 cm³/mol. The van der Waals surface area contributed by atoms with Crippen LogP contribution in [0.25, 0.3) is 0 Å². The summed E-state index contributed by atoms with van der Waals surface area (Å²) >= 11 is 0. The molecule has 0 aliphatic heterocycles. The van der Waals surface area contributed by atoms with E-state index in [1.165, 1.54) is 24.3 Å². The molecule has 0 aliphatic carbocycles. The lowest BCUT2D eigenvalue weighted by molar-refractivity contribution is -0.384. The Bertz CT molecular complexity index is 853. The van der Waals surface area contributed by atoms with E-state index >= 15 is 0 Å². The van der Waals surface area contributed by atoms with Gasteiger partial charge in [-0.15, -0.1) is 0 Å². The van der Waals surface area contributed by atoms with E-state index in [0.29, 0.717) is 5.56 Å². The molecule has 1 amide bonds. The summed E-state index contributed by atoms with van der Waals surface area (Å²) < 4.78 is 12.8. The molecule has 0 unspecified atom stereocenters. The van der Waals surface area contributed by atoms with E-state index in [2.05, 4.69) is 11.8 Å². The highest BCUT2D eigenvalue weighted by Gasteiger charge is 2.19. The van der Waals surface area contributed by atoms with Crippen LogP contribution in [0.1, 0.15) is 16.7 Å². The Morgan fingerprint density at radius 2 is 1.92 bits per heavy atom. The lowest BCUT2D eigenvalue weighted by Gasteiger charge is -2.07. The molecule has 0 saturated heterocycles. The van der Waals surface area contributed by atoms with Gasteiger partial charge in [-0.25, -0.2) is 9.18 Å². The fourth-order valence-corrected chi connectivity index (χ4v) is 1.92. The van der Waals surface area contributed by atoms with Gasteiger partial charge in [0.1, 0.15) is 11.5 Å². The average molecular weight is 330 g/mol. The standard InChI is InChI=1S/C16H11FN2O5/c17-13-5-2-10(3-6-13)1-4-11-8-15(19(23)24)14(18-16(21)22)7-12(11)9-20/h2-3,5-8,18,20H,9H2,(H,21,22). The molecule has 0 aliphatic rings. The van der Waals surface area contributed by atoms with Gasteiger partial charge in [-0.05, 0) is 35.9 Å². The molecule has 0 aromatic heterocycles. The number of carboxylic acid groups (broad SMARTS) is 1. The number of aliphatic hydroxyl groups is 1. The number of nitrogens with one attached hydrogen (secondary N) is 1. The minimum Gasteiger partial charge on any atom is -0.465 e. The number of hydrogen-bond donors (Lipinski definition) is 3. The van der Waals surface area contributed by atoms with E-state index in [9.17, 15) is 24.4 Å². The highest BCUT2D eigenvalue weighted by atomic mass is 19.1. The molecule has 2 aromatic carbocycles. The van der Waals surface area contributed by atoms with Crippen molar-refractivity contribution < 1.29 is 24.3 Å². The molecular formula is C16H11FN2O5. The second-order valence-electron chi connectivity index (χ2n) is 4.63. The van der Waals surface area contributed by atoms with Crippen molar-refractivity contribution >= 4 is 17.5 Å². The second kappa shape index (κ2) is 7.21. The zero-order valence-corrected chi connectivity index (χ0v) is 12.1. The third-order valence-corrected chi connectivity index (χ3v) is 3.02. The van der Waals surface area contributed by atoms with Crippen molar-refractivity contribution in [3.8, 4) is 11.8 Å². The highest BCUT2D eigenvalue weighted by molar-refractivity contribution is 5.87. The molecule has 3 N–H and O–H groups in total. The van der Waals surface area contributed by atoms with Crippen LogP contribution in [0.5, 0.6) is 0 Å². The average Bonchev–Trinajstić information content (AvgIpc) is 2.53. The number of halogens is 1. The number of nitro groups is 1. The molecule has 0 saturated carbocycles. The smallest absolute Gasteiger partial charge is 0.409 e. The Kier molecular flexibility index (Phi) is 5.09. The van der Waals surface area contributed by atoms with E-state index in [4.69, 9.17) is 5.11 Å². The number of nitrogens with zero attached hydrogens (tertiary/aromatic N) is 1. The Morgan fingerprint density at radius 1 is 1.25 bits per heavy atom. The molecule has 24 heavy (non-hydrogen) atoms. The van der Waals surface area contributed by atoms with Crippen molar-refractivity contribution in [3.05, 3.63) is 69.0 Å². The van der Waals surface area contributed by atoms with Gasteiger partial charge in [0.15, 0.2) is 0 Å². The third kappa shape index (κ3) is 4.06. The van der Waals surface area contributed by atoms with Crippen LogP contribution in [0.4, 0.5) is 20.6 Å². The Hall–Kier alpha value is -3.44. The quantitative estimate of drug-likeness (QED) is 0.455. The first-order valence-electron chi connectivity index (χ1n) is 6.60. The Labute approximate surface area is 135 Å². The first kappa shape index (κ1) is 16.9. The van der Waals surface area contributed by atoms with E-state index in [0.717, 1.165) is 12.1 Å². The van der Waals surface area contributed by atoms with Crippen LogP contribution in [-0.2, 0) is 6.61 Å². The molecule has 0 heterocycles. The predicted octanol–water partition coefficient (Wildman–Crippen LogP) is 2.72. The van der Waals surface area contributed by atoms with Gasteiger partial charge in [0.05, 0.1) is 11.5 Å². The third-order valence-electron chi connectivity index (χ3n) is 3.02. The van der Waals surface area contributed by atoms with Crippen molar-refractivity contribution in [1.82, 2.24) is 0 Å². The van der Waals surface area contributed by atoms with Crippen molar-refractivity contribution in [1.29, 1.82) is 0 Å². The number of hydrogen-bond acceptors (Lipinski definition) is 4. The van der Waals surface area contributed by atoms with Gasteiger partial charge in [0.2, 0.25) is 0 Å². The zero-order valence-electron chi connectivity index (χ0n) is 12.1. The van der Waals surface area contributed by atoms with Crippen molar-refractivity contribution in [2.75, 3.05) is 5.32 Å². The molecule has 7 nitrogen and oxygen atoms in total. The molecule has 8 heteroatoms. The molecule has 2 aromatic rings. The minimum atomic E-state index is -1.47. The summed E-state index contributed by atoms with van der Waals surface area (Å²) in [6.07, 6.45) is -1.47. The Balaban J connectivity index is 2.49. The molecule has 0 atom stereocenters. The van der Waals surface area contributed by atoms with Gasteiger partial charge in [-0.3, -0.25) is 15.4 Å². The number of nitro benzene ring substituents is 1. The molecule has 0 radical (unpaired) electrons. The van der Waals surface area contributed by atoms with Crippen molar-refractivity contribution in [2.45, 2.75) is 6.61 Å². The maximum absolute atomic E-state index is 12.8. The summed E-state index contributed by atoms with van der Waals surface area (Å²) in [5, 5.41) is 31.1. The summed E-state index contributed by atoms with van der Waals surface area (Å²) in [6, 6.07) is 7.55. The molecule has 0 spiro atoms. The second-order valence-corrected chi connectivity index (χ2v) is 4.63. The monoisotopic (exact) mass is 330 g/mol. The van der Waals surface area contributed by atoms with Gasteiger partial charge < -0.3 is 10.2 Å². The van der Waals surface area contributed by atoms with E-state index in [-0.39, 0.29) is 16.8 Å². The largest absolute Gasteiger partial charge is 0.465 e. The maximum atomic E-state index is 12.8. The van der Waals surface area contributed by atoms with Crippen molar-refractivity contribution in [2.24, 2.45) is 0 Å². The maximum Gasteiger partial charge on any atom is 0.409 e. The Morgan fingerprint density at radius 3 is 2.46 bits per heavy atom. The number of anilines is 1. The summed E-state index contributed by atoms with van der Waals surface area (Å²) in [5.41, 5.74) is 0.126. The van der Waals surface area contributed by atoms with Crippen LogP contribution >= 0.6 is 0 Å². The van der Waals surface area contributed by atoms with Crippen LogP contribution in [0.2, 0.25) is 0 Å². The summed E-state index contributed by atoms with van der Waals surface area (Å²) in [4.78, 5) is 21.0. The lowest BCUT2D eigenvalue weighted by Crippen LogP contribution is -2.10. The van der Waals surface area contributed by atoms with Crippen LogP contribution in [-0.4, -0.2) is 21.2 Å². The van der Waals surface area contributed by atoms with Crippen LogP contribution in [0.3, 0.4) is 0 Å². The van der Waals surface area contributed by atoms with Gasteiger partial charge in [0, 0.05) is 17.2 Å². The van der Waals surface area contributed by atoms with Gasteiger partial charge in [-0.1, -0.05) is 11.8 Å². The number of amides is 1. The van der Waals surface area contributed by atoms with Crippen LogP contribution < -0.4 is 5.32 Å². The molecular weight excluding hydrogens is 319 g/mol. The zero-order chi connectivity index (χ0) is 17.7. The highest BCUT2D eigenvalue weighted by Crippen LogP contribution is 2.28. The first-order chi connectivity index (χ1) is 11.4. The van der Waals surface area contributed by atoms with E-state index in [1.807, 2.05) is 5.32 Å². The fraction of sp³-hybridized carbons (Fsp3) is 0.0625. The van der Waals surface area contributed by atoms with Crippen molar-refractivity contribution in [3.63, 3.8) is 0 Å². The topological polar surface area (TPSA) is 113 Å². The number of carbonyl (C=O) groups is 1. The number of rotatable bonds is 3. The van der Waals surface area contributed by atoms with E-state index in [1.54, 1.807) is 0 Å². The van der Waals surface area contributed by atoms with Gasteiger partial charge >= 0.3 is 6.09 Å². The molecule has 0 bridgehead atoms. The van der Waals surface area contributed by atoms with Gasteiger partial charge in [0.25, 0.3) is 5.69 Å². The number of aliphatic hydroxyl groups excluding tert-OH is 1. The van der Waals surface area contributed by atoms with E-state index < -0.39 is 29.1 Å². The van der Waals surface area contributed by atoms with Crippen LogP contribution in [0, 0.1) is 27.8 Å². The lowest BCUT2D eigenvalue weighted by atomic mass is 10.0. The summed E-state index contributed by atoms with van der Waals surface area (Å²) in [7, 11) is 0. The fourth-order valence-electron chi connectivity index (χ4n) is 1.92. The molecule has 122 valence electrons. The summed E-state index contributed by atoms with van der Waals surface area (Å²) in [6.45, 7) is -0.486. The number of benzene rings is 2. The minimum absolute atomic E-state index is 0.171.